The van der Waals surface area contributed by atoms with Crippen molar-refractivity contribution in [2.75, 3.05) is 21.4 Å². The van der Waals surface area contributed by atoms with Gasteiger partial charge in [0.1, 0.15) is 5.82 Å². The van der Waals surface area contributed by atoms with E-state index in [0.717, 1.165) is 74.1 Å². The summed E-state index contributed by atoms with van der Waals surface area (Å²) in [5, 5.41) is 2.36. The molecule has 11 rings (SSSR count). The minimum atomic E-state index is 0.353. The summed E-state index contributed by atoms with van der Waals surface area (Å²) in [7, 11) is 0. The first-order valence-corrected chi connectivity index (χ1v) is 22.3. The Morgan fingerprint density at radius 3 is 1.83 bits per heavy atom. The van der Waals surface area contributed by atoms with Gasteiger partial charge in [0.25, 0.3) is 0 Å². The van der Waals surface area contributed by atoms with Crippen LogP contribution in [0.25, 0.3) is 61.0 Å². The molecule has 0 atom stereocenters. The third kappa shape index (κ3) is 6.68. The van der Waals surface area contributed by atoms with Gasteiger partial charge in [0.05, 0.1) is 34.8 Å². The van der Waals surface area contributed by atoms with Crippen LogP contribution in [0.2, 0.25) is 0 Å². The van der Waals surface area contributed by atoms with Gasteiger partial charge in [0, 0.05) is 51.2 Å². The Kier molecular flexibility index (Phi) is 9.81. The van der Waals surface area contributed by atoms with E-state index in [1.807, 2.05) is 6.20 Å². The molecule has 10 aromatic rings. The predicted octanol–water partition coefficient (Wildman–Crippen LogP) is 15.6. The third-order valence-corrected chi connectivity index (χ3v) is 12.9. The van der Waals surface area contributed by atoms with Crippen molar-refractivity contribution in [2.24, 2.45) is 0 Å². The number of anilines is 6. The zero-order valence-corrected chi connectivity index (χ0v) is 36.7. The normalized spacial score (nSPS) is 12.4. The third-order valence-electron chi connectivity index (χ3n) is 12.9. The van der Waals surface area contributed by atoms with E-state index in [1.165, 1.54) is 38.8 Å². The number of para-hydroxylation sites is 4. The van der Waals surface area contributed by atoms with E-state index in [0.29, 0.717) is 6.04 Å². The highest BCUT2D eigenvalue weighted by atomic mass is 15.4. The van der Waals surface area contributed by atoms with Crippen molar-refractivity contribution in [3.63, 3.8) is 0 Å². The summed E-state index contributed by atoms with van der Waals surface area (Å²) >= 11 is 0. The Labute approximate surface area is 375 Å². The zero-order chi connectivity index (χ0) is 43.3. The van der Waals surface area contributed by atoms with Crippen LogP contribution in [-0.2, 0) is 0 Å². The molecule has 0 saturated carbocycles. The van der Waals surface area contributed by atoms with Gasteiger partial charge in [-0.05, 0) is 122 Å². The highest BCUT2D eigenvalue weighted by molar-refractivity contribution is 6.11. The van der Waals surface area contributed by atoms with Crippen LogP contribution in [0.3, 0.4) is 0 Å². The molecule has 2 aromatic heterocycles. The second kappa shape index (κ2) is 16.1. The fourth-order valence-corrected chi connectivity index (χ4v) is 9.91. The Hall–Kier alpha value is -7.89. The smallest absolute Gasteiger partial charge is 0.138 e. The molecule has 0 N–H and O–H groups in total. The molecular formula is C59H49N5. The maximum atomic E-state index is 5.10. The number of fused-ring (bicyclic) bond motifs is 4. The van der Waals surface area contributed by atoms with Gasteiger partial charge in [0.15, 0.2) is 0 Å². The van der Waals surface area contributed by atoms with Crippen LogP contribution in [0.5, 0.6) is 0 Å². The highest BCUT2D eigenvalue weighted by Crippen LogP contribution is 2.49. The second-order valence-electron chi connectivity index (χ2n) is 17.1. The van der Waals surface area contributed by atoms with E-state index in [-0.39, 0.29) is 0 Å². The number of hydrogen-bond donors (Lipinski definition) is 0. The van der Waals surface area contributed by atoms with E-state index in [9.17, 15) is 0 Å². The molecule has 0 bridgehead atoms. The molecule has 8 aromatic carbocycles. The summed E-state index contributed by atoms with van der Waals surface area (Å²) in [6.45, 7) is 9.71. The fourth-order valence-electron chi connectivity index (χ4n) is 9.91. The molecule has 0 fully saturated rings. The lowest BCUT2D eigenvalue weighted by Crippen LogP contribution is -2.33. The number of benzene rings is 8. The van der Waals surface area contributed by atoms with Gasteiger partial charge in [-0.3, -0.25) is 4.57 Å². The molecule has 0 spiro atoms. The molecule has 0 amide bonds. The number of rotatable bonds is 9. The minimum absolute atomic E-state index is 0.353. The van der Waals surface area contributed by atoms with Crippen LogP contribution < -0.4 is 14.7 Å². The van der Waals surface area contributed by atoms with Crippen LogP contribution in [-0.4, -0.2) is 22.3 Å². The minimum Gasteiger partial charge on any atom is -0.349 e. The van der Waals surface area contributed by atoms with Crippen molar-refractivity contribution >= 4 is 55.9 Å². The standard InChI is InChI=1S/C59H49N5/c1-40(2)61-39-62(55-31-14-13-30-54(55)61)46-24-16-25-47(37-46)63(59-49(43-20-7-5-8-21-43)27-17-28-50(59)44-22-9-6-10-23-44)48-32-33-52-51-26-11-12-29-53(51)64(56(52)38-48)57-36-45(34-35-60-57)58-41(3)18-15-19-42(58)4/h5-38,40H,39H2,1-4H3. The molecular weight excluding hydrogens is 779 g/mol. The molecule has 1 aliphatic heterocycles. The van der Waals surface area contributed by atoms with E-state index in [4.69, 9.17) is 4.98 Å². The van der Waals surface area contributed by atoms with Gasteiger partial charge in [-0.15, -0.1) is 0 Å². The van der Waals surface area contributed by atoms with Crippen LogP contribution in [0.15, 0.2) is 206 Å². The Morgan fingerprint density at radius 1 is 0.500 bits per heavy atom. The molecule has 5 heteroatoms. The molecule has 64 heavy (non-hydrogen) atoms. The maximum absolute atomic E-state index is 5.10. The lowest BCUT2D eigenvalue weighted by Gasteiger charge is -2.32. The molecule has 3 heterocycles. The maximum Gasteiger partial charge on any atom is 0.138 e. The van der Waals surface area contributed by atoms with Gasteiger partial charge in [0.2, 0.25) is 0 Å². The number of aromatic nitrogens is 2. The van der Waals surface area contributed by atoms with Crippen molar-refractivity contribution in [1.82, 2.24) is 9.55 Å². The quantitative estimate of drug-likeness (QED) is 0.145. The molecule has 310 valence electrons. The monoisotopic (exact) mass is 827 g/mol. The van der Waals surface area contributed by atoms with E-state index >= 15 is 0 Å². The first-order chi connectivity index (χ1) is 31.4. The molecule has 0 saturated heterocycles. The summed E-state index contributed by atoms with van der Waals surface area (Å²) in [6.07, 6.45) is 1.96. The van der Waals surface area contributed by atoms with Crippen LogP contribution in [0.4, 0.5) is 34.1 Å². The van der Waals surface area contributed by atoms with Gasteiger partial charge in [-0.1, -0.05) is 140 Å². The number of nitrogens with zero attached hydrogens (tertiary/aromatic N) is 5. The summed E-state index contributed by atoms with van der Waals surface area (Å²) in [5.41, 5.74) is 18.6. The summed E-state index contributed by atoms with van der Waals surface area (Å²) in [6, 6.07) is 73.2. The second-order valence-corrected chi connectivity index (χ2v) is 17.1. The van der Waals surface area contributed by atoms with Crippen LogP contribution in [0.1, 0.15) is 25.0 Å². The first kappa shape index (κ1) is 39.0. The lowest BCUT2D eigenvalue weighted by atomic mass is 9.94. The molecule has 0 unspecified atom stereocenters. The summed E-state index contributed by atoms with van der Waals surface area (Å²) < 4.78 is 2.35. The van der Waals surface area contributed by atoms with Crippen LogP contribution in [0, 0.1) is 13.8 Å². The van der Waals surface area contributed by atoms with Crippen molar-refractivity contribution in [2.45, 2.75) is 33.7 Å². The summed E-state index contributed by atoms with van der Waals surface area (Å²) in [5.74, 6) is 0.883. The molecule has 1 aliphatic rings. The summed E-state index contributed by atoms with van der Waals surface area (Å²) in [4.78, 5) is 12.5. The van der Waals surface area contributed by atoms with Crippen molar-refractivity contribution < 1.29 is 0 Å². The highest BCUT2D eigenvalue weighted by Gasteiger charge is 2.30. The Balaban J connectivity index is 1.18. The topological polar surface area (TPSA) is 27.5 Å². The lowest BCUT2D eigenvalue weighted by molar-refractivity contribution is 0.709. The van der Waals surface area contributed by atoms with E-state index < -0.39 is 0 Å². The largest absolute Gasteiger partial charge is 0.349 e. The number of pyridine rings is 1. The number of aryl methyl sites for hydroxylation is 2. The van der Waals surface area contributed by atoms with Gasteiger partial charge in [-0.25, -0.2) is 4.98 Å². The molecule has 5 nitrogen and oxygen atoms in total. The van der Waals surface area contributed by atoms with Crippen molar-refractivity contribution in [1.29, 1.82) is 0 Å². The SMILES string of the molecule is Cc1cccc(C)c1-c1ccnc(-n2c3ccccc3c3ccc(N(c4cccc(N5CN(C(C)C)c6ccccc65)c4)c4c(-c5ccccc5)cccc4-c4ccccc4)cc32)c1. The van der Waals surface area contributed by atoms with Gasteiger partial charge >= 0.3 is 0 Å². The Bertz CT molecular complexity index is 3250. The Morgan fingerprint density at radius 2 is 1.11 bits per heavy atom. The average Bonchev–Trinajstić information content (AvgIpc) is 3.89. The van der Waals surface area contributed by atoms with E-state index in [2.05, 4.69) is 247 Å². The van der Waals surface area contributed by atoms with Gasteiger partial charge < -0.3 is 14.7 Å². The van der Waals surface area contributed by atoms with Crippen molar-refractivity contribution in [3.05, 3.63) is 218 Å². The van der Waals surface area contributed by atoms with Crippen molar-refractivity contribution in [3.8, 4) is 39.2 Å². The predicted molar refractivity (Wildman–Crippen MR) is 270 cm³/mol. The fraction of sp³-hybridized carbons (Fsp3) is 0.102. The molecule has 0 radical (unpaired) electrons. The number of hydrogen-bond acceptors (Lipinski definition) is 4. The average molecular weight is 828 g/mol. The first-order valence-electron chi connectivity index (χ1n) is 22.3. The van der Waals surface area contributed by atoms with Gasteiger partial charge in [-0.2, -0.15) is 0 Å². The van der Waals surface area contributed by atoms with Crippen LogP contribution >= 0.6 is 0 Å². The zero-order valence-electron chi connectivity index (χ0n) is 36.7. The van der Waals surface area contributed by atoms with E-state index in [1.54, 1.807) is 0 Å². The molecule has 0 aliphatic carbocycles.